The summed E-state index contributed by atoms with van der Waals surface area (Å²) < 4.78 is 5.01. The van der Waals surface area contributed by atoms with Gasteiger partial charge in [0.1, 0.15) is 5.60 Å². The number of hydrogen-bond acceptors (Lipinski definition) is 4. The van der Waals surface area contributed by atoms with E-state index in [2.05, 4.69) is 0 Å². The zero-order chi connectivity index (χ0) is 10.8. The molecule has 5 nitrogen and oxygen atoms in total. The minimum Gasteiger partial charge on any atom is -0.444 e. The van der Waals surface area contributed by atoms with Crippen LogP contribution in [0.5, 0.6) is 0 Å². The summed E-state index contributed by atoms with van der Waals surface area (Å²) in [5, 5.41) is 1.80. The van der Waals surface area contributed by atoms with Gasteiger partial charge in [0.15, 0.2) is 0 Å². The molecular weight excluding hydrogens is 182 g/mol. The lowest BCUT2D eigenvalue weighted by molar-refractivity contribution is 0.0274. The predicted octanol–water partition coefficient (Wildman–Crippen LogP) is 0.446. The maximum Gasteiger partial charge on any atom is 0.405 e. The molecule has 1 saturated heterocycles. The summed E-state index contributed by atoms with van der Waals surface area (Å²) >= 11 is 0. The molecule has 1 unspecified atom stereocenters. The van der Waals surface area contributed by atoms with E-state index < -0.39 is 11.7 Å². The highest BCUT2D eigenvalue weighted by molar-refractivity contribution is 5.65. The third-order valence-electron chi connectivity index (χ3n) is 2.47. The molecule has 4 N–H and O–H groups in total. The molecule has 1 heterocycles. The molecular formula is C9H19N3O2. The quantitative estimate of drug-likeness (QED) is 0.649. The van der Waals surface area contributed by atoms with Crippen molar-refractivity contribution in [3.63, 3.8) is 0 Å². The SMILES string of the molecule is CC(C)(CC1CCN(N)C1)OC(N)=O. The number of nitrogens with zero attached hydrogens (tertiary/aromatic N) is 1. The second-order valence-electron chi connectivity index (χ2n) is 4.53. The topological polar surface area (TPSA) is 81.6 Å². The number of hydrogen-bond donors (Lipinski definition) is 2. The molecule has 14 heavy (non-hydrogen) atoms. The number of ether oxygens (including phenoxy) is 1. The average Bonchev–Trinajstić information content (AvgIpc) is 2.30. The first-order valence-electron chi connectivity index (χ1n) is 4.87. The van der Waals surface area contributed by atoms with Crippen LogP contribution in [-0.4, -0.2) is 29.8 Å². The van der Waals surface area contributed by atoms with E-state index in [1.54, 1.807) is 5.01 Å². The molecule has 1 amide bonds. The fourth-order valence-electron chi connectivity index (χ4n) is 2.04. The number of rotatable bonds is 3. The lowest BCUT2D eigenvalue weighted by Gasteiger charge is -2.26. The van der Waals surface area contributed by atoms with Crippen molar-refractivity contribution in [2.45, 2.75) is 32.3 Å². The molecule has 1 rings (SSSR count). The Morgan fingerprint density at radius 1 is 1.64 bits per heavy atom. The maximum atomic E-state index is 10.6. The van der Waals surface area contributed by atoms with Crippen molar-refractivity contribution in [1.82, 2.24) is 5.01 Å². The molecule has 0 radical (unpaired) electrons. The van der Waals surface area contributed by atoms with E-state index in [0.29, 0.717) is 5.92 Å². The number of primary amides is 1. The number of carbonyl (C=O) groups excluding carboxylic acids is 1. The number of hydrazine groups is 1. The molecule has 0 aromatic carbocycles. The van der Waals surface area contributed by atoms with Crippen molar-refractivity contribution in [3.8, 4) is 0 Å². The molecule has 0 saturated carbocycles. The third kappa shape index (κ3) is 3.51. The normalized spacial score (nSPS) is 23.8. The minimum absolute atomic E-state index is 0.484. The van der Waals surface area contributed by atoms with E-state index in [1.807, 2.05) is 13.8 Å². The Morgan fingerprint density at radius 3 is 2.71 bits per heavy atom. The Morgan fingerprint density at radius 2 is 2.29 bits per heavy atom. The van der Waals surface area contributed by atoms with Gasteiger partial charge in [-0.1, -0.05) is 0 Å². The lowest BCUT2D eigenvalue weighted by atomic mass is 9.93. The van der Waals surface area contributed by atoms with E-state index in [9.17, 15) is 4.79 Å². The second-order valence-corrected chi connectivity index (χ2v) is 4.53. The molecule has 0 aliphatic carbocycles. The van der Waals surface area contributed by atoms with Crippen LogP contribution in [0.2, 0.25) is 0 Å². The van der Waals surface area contributed by atoms with Crippen LogP contribution in [0.25, 0.3) is 0 Å². The molecule has 0 aromatic rings. The van der Waals surface area contributed by atoms with E-state index in [0.717, 1.165) is 25.9 Å². The van der Waals surface area contributed by atoms with Gasteiger partial charge < -0.3 is 10.5 Å². The summed E-state index contributed by atoms with van der Waals surface area (Å²) in [5.74, 6) is 6.14. The summed E-state index contributed by atoms with van der Waals surface area (Å²) in [6.45, 7) is 5.52. The highest BCUT2D eigenvalue weighted by Gasteiger charge is 2.30. The molecule has 1 aliphatic rings. The highest BCUT2D eigenvalue weighted by atomic mass is 16.6. The van der Waals surface area contributed by atoms with Gasteiger partial charge in [0, 0.05) is 13.1 Å². The Bertz CT molecular complexity index is 218. The molecule has 82 valence electrons. The van der Waals surface area contributed by atoms with Crippen LogP contribution in [0.4, 0.5) is 4.79 Å². The largest absolute Gasteiger partial charge is 0.444 e. The Labute approximate surface area is 84.3 Å². The Balaban J connectivity index is 2.38. The number of nitrogens with two attached hydrogens (primary N) is 2. The van der Waals surface area contributed by atoms with Crippen LogP contribution in [-0.2, 0) is 4.74 Å². The van der Waals surface area contributed by atoms with Gasteiger partial charge >= 0.3 is 6.09 Å². The summed E-state index contributed by atoms with van der Waals surface area (Å²) in [6, 6.07) is 0. The summed E-state index contributed by atoms with van der Waals surface area (Å²) in [5.41, 5.74) is 4.50. The second kappa shape index (κ2) is 4.14. The van der Waals surface area contributed by atoms with Crippen molar-refractivity contribution >= 4 is 6.09 Å². The first kappa shape index (κ1) is 11.3. The van der Waals surface area contributed by atoms with Gasteiger partial charge in [-0.25, -0.2) is 9.80 Å². The van der Waals surface area contributed by atoms with Crippen molar-refractivity contribution in [2.24, 2.45) is 17.5 Å². The number of amides is 1. The van der Waals surface area contributed by atoms with Crippen molar-refractivity contribution in [2.75, 3.05) is 13.1 Å². The fourth-order valence-corrected chi connectivity index (χ4v) is 2.04. The van der Waals surface area contributed by atoms with Crippen LogP contribution in [0.15, 0.2) is 0 Å². The summed E-state index contributed by atoms with van der Waals surface area (Å²) in [7, 11) is 0. The third-order valence-corrected chi connectivity index (χ3v) is 2.47. The average molecular weight is 201 g/mol. The van der Waals surface area contributed by atoms with E-state index >= 15 is 0 Å². The maximum absolute atomic E-state index is 10.6. The number of carbonyl (C=O) groups is 1. The molecule has 5 heteroatoms. The first-order valence-corrected chi connectivity index (χ1v) is 4.87. The monoisotopic (exact) mass is 201 g/mol. The van der Waals surface area contributed by atoms with Crippen molar-refractivity contribution < 1.29 is 9.53 Å². The molecule has 1 aliphatic heterocycles. The van der Waals surface area contributed by atoms with Gasteiger partial charge in [0.25, 0.3) is 0 Å². The molecule has 0 spiro atoms. The van der Waals surface area contributed by atoms with Gasteiger partial charge in [0.05, 0.1) is 0 Å². The minimum atomic E-state index is -0.711. The van der Waals surface area contributed by atoms with Crippen molar-refractivity contribution in [3.05, 3.63) is 0 Å². The standard InChI is InChI=1S/C9H19N3O2/c1-9(2,14-8(10)13)5-7-3-4-12(11)6-7/h7H,3-6,11H2,1-2H3,(H2,10,13). The zero-order valence-electron chi connectivity index (χ0n) is 8.82. The Kier molecular flexibility index (Phi) is 3.34. The van der Waals surface area contributed by atoms with E-state index in [1.165, 1.54) is 0 Å². The van der Waals surface area contributed by atoms with Crippen LogP contribution in [0.3, 0.4) is 0 Å². The molecule has 0 bridgehead atoms. The molecule has 1 fully saturated rings. The van der Waals surface area contributed by atoms with Gasteiger partial charge in [-0.2, -0.15) is 0 Å². The van der Waals surface area contributed by atoms with Gasteiger partial charge in [0.2, 0.25) is 0 Å². The fraction of sp³-hybridized carbons (Fsp3) is 0.889. The van der Waals surface area contributed by atoms with Crippen molar-refractivity contribution in [1.29, 1.82) is 0 Å². The molecule has 0 aromatic heterocycles. The van der Waals surface area contributed by atoms with E-state index in [4.69, 9.17) is 16.3 Å². The van der Waals surface area contributed by atoms with Crippen LogP contribution in [0.1, 0.15) is 26.7 Å². The Hall–Kier alpha value is -0.810. The summed E-state index contributed by atoms with van der Waals surface area (Å²) in [6.07, 6.45) is 1.16. The summed E-state index contributed by atoms with van der Waals surface area (Å²) in [4.78, 5) is 10.6. The molecule has 1 atom stereocenters. The van der Waals surface area contributed by atoms with Gasteiger partial charge in [-0.05, 0) is 32.6 Å². The highest BCUT2D eigenvalue weighted by Crippen LogP contribution is 2.26. The van der Waals surface area contributed by atoms with E-state index in [-0.39, 0.29) is 0 Å². The van der Waals surface area contributed by atoms with Gasteiger partial charge in [-0.3, -0.25) is 5.84 Å². The van der Waals surface area contributed by atoms with Crippen LogP contribution < -0.4 is 11.6 Å². The van der Waals surface area contributed by atoms with Crippen LogP contribution in [0, 0.1) is 5.92 Å². The predicted molar refractivity (Wildman–Crippen MR) is 53.2 cm³/mol. The smallest absolute Gasteiger partial charge is 0.405 e. The van der Waals surface area contributed by atoms with Crippen LogP contribution >= 0.6 is 0 Å². The lowest BCUT2D eigenvalue weighted by Crippen LogP contribution is -2.34. The zero-order valence-corrected chi connectivity index (χ0v) is 8.82. The first-order chi connectivity index (χ1) is 6.39. The van der Waals surface area contributed by atoms with Gasteiger partial charge in [-0.15, -0.1) is 0 Å².